The Morgan fingerprint density at radius 1 is 1.36 bits per heavy atom. The van der Waals surface area contributed by atoms with Crippen molar-refractivity contribution < 1.29 is 14.8 Å². The minimum Gasteiger partial charge on any atom is -0.480 e. The van der Waals surface area contributed by atoms with Crippen LogP contribution in [0.1, 0.15) is 0 Å². The standard InChI is InChI=1S/C13H14N4O4S/c18-12(19)8-15-3-5-16(6-4-15)13-14-10-2-1-9(17(20)21)7-11(10)22-13/h1-2,7H,3-6,8H2,(H,18,19). The number of carboxylic acid groups (broad SMARTS) is 1. The van der Waals surface area contributed by atoms with Crippen LogP contribution in [0.15, 0.2) is 18.2 Å². The molecule has 0 radical (unpaired) electrons. The number of thiazole rings is 1. The summed E-state index contributed by atoms with van der Waals surface area (Å²) in [5.41, 5.74) is 0.813. The third-order valence-electron chi connectivity index (χ3n) is 3.57. The van der Waals surface area contributed by atoms with Crippen LogP contribution in [0.3, 0.4) is 0 Å². The summed E-state index contributed by atoms with van der Waals surface area (Å²) >= 11 is 1.43. The van der Waals surface area contributed by atoms with Gasteiger partial charge in [-0.3, -0.25) is 19.8 Å². The zero-order valence-corrected chi connectivity index (χ0v) is 12.5. The topological polar surface area (TPSA) is 99.8 Å². The minimum absolute atomic E-state index is 0.0554. The summed E-state index contributed by atoms with van der Waals surface area (Å²) in [6, 6.07) is 4.65. The highest BCUT2D eigenvalue weighted by molar-refractivity contribution is 7.22. The molecule has 0 spiro atoms. The molecule has 1 N–H and O–H groups in total. The predicted molar refractivity (Wildman–Crippen MR) is 82.6 cm³/mol. The molecule has 0 aliphatic carbocycles. The number of non-ortho nitro benzene ring substituents is 1. The van der Waals surface area contributed by atoms with Crippen molar-refractivity contribution in [2.45, 2.75) is 0 Å². The van der Waals surface area contributed by atoms with Crippen molar-refractivity contribution in [2.24, 2.45) is 0 Å². The Morgan fingerprint density at radius 3 is 2.73 bits per heavy atom. The van der Waals surface area contributed by atoms with E-state index in [1.54, 1.807) is 6.07 Å². The summed E-state index contributed by atoms with van der Waals surface area (Å²) in [5.74, 6) is -0.819. The highest BCUT2D eigenvalue weighted by atomic mass is 32.1. The molecule has 22 heavy (non-hydrogen) atoms. The fourth-order valence-electron chi connectivity index (χ4n) is 2.44. The number of nitro benzene ring substituents is 1. The number of anilines is 1. The first-order valence-corrected chi connectivity index (χ1v) is 7.58. The number of carbonyl (C=O) groups is 1. The Labute approximate surface area is 129 Å². The molecule has 0 atom stereocenters. The lowest BCUT2D eigenvalue weighted by Crippen LogP contribution is -2.47. The maximum atomic E-state index is 10.8. The SMILES string of the molecule is O=C(O)CN1CCN(c2nc3ccc([N+](=O)[O-])cc3s2)CC1. The molecule has 1 fully saturated rings. The monoisotopic (exact) mass is 322 g/mol. The van der Waals surface area contributed by atoms with Gasteiger partial charge in [0.1, 0.15) is 0 Å². The summed E-state index contributed by atoms with van der Waals surface area (Å²) in [6.45, 7) is 2.80. The number of carboxylic acids is 1. The van der Waals surface area contributed by atoms with Gasteiger partial charge in [0.2, 0.25) is 0 Å². The summed E-state index contributed by atoms with van der Waals surface area (Å²) in [5, 5.41) is 20.4. The number of nitro groups is 1. The quantitative estimate of drug-likeness (QED) is 0.671. The van der Waals surface area contributed by atoms with Crippen molar-refractivity contribution >= 4 is 38.3 Å². The maximum Gasteiger partial charge on any atom is 0.317 e. The highest BCUT2D eigenvalue weighted by Gasteiger charge is 2.21. The molecular formula is C13H14N4O4S. The van der Waals surface area contributed by atoms with Crippen LogP contribution in [0.4, 0.5) is 10.8 Å². The van der Waals surface area contributed by atoms with E-state index in [0.717, 1.165) is 15.3 Å². The summed E-state index contributed by atoms with van der Waals surface area (Å²) in [7, 11) is 0. The average molecular weight is 322 g/mol. The van der Waals surface area contributed by atoms with Crippen LogP contribution in [-0.2, 0) is 4.79 Å². The zero-order valence-electron chi connectivity index (χ0n) is 11.6. The molecule has 1 aromatic carbocycles. The fraction of sp³-hybridized carbons (Fsp3) is 0.385. The molecule has 1 aliphatic rings. The molecule has 0 unspecified atom stereocenters. The first-order valence-electron chi connectivity index (χ1n) is 6.77. The maximum absolute atomic E-state index is 10.8. The molecule has 0 amide bonds. The van der Waals surface area contributed by atoms with Gasteiger partial charge in [-0.25, -0.2) is 4.98 Å². The second-order valence-corrected chi connectivity index (χ2v) is 6.07. The van der Waals surface area contributed by atoms with E-state index >= 15 is 0 Å². The van der Waals surface area contributed by atoms with Gasteiger partial charge >= 0.3 is 5.97 Å². The fourth-order valence-corrected chi connectivity index (χ4v) is 3.49. The zero-order chi connectivity index (χ0) is 15.7. The lowest BCUT2D eigenvalue weighted by atomic mass is 10.3. The molecule has 8 nitrogen and oxygen atoms in total. The van der Waals surface area contributed by atoms with Gasteiger partial charge in [-0.05, 0) is 6.07 Å². The number of nitrogens with zero attached hydrogens (tertiary/aromatic N) is 4. The smallest absolute Gasteiger partial charge is 0.317 e. The number of aromatic nitrogens is 1. The van der Waals surface area contributed by atoms with E-state index in [1.165, 1.54) is 23.5 Å². The Morgan fingerprint density at radius 2 is 2.09 bits per heavy atom. The molecule has 3 rings (SSSR count). The Hall–Kier alpha value is -2.26. The summed E-state index contributed by atoms with van der Waals surface area (Å²) in [4.78, 5) is 29.6. The molecule has 2 heterocycles. The van der Waals surface area contributed by atoms with Gasteiger partial charge in [0, 0.05) is 38.3 Å². The number of fused-ring (bicyclic) bond motifs is 1. The molecule has 2 aromatic rings. The van der Waals surface area contributed by atoms with Crippen LogP contribution in [0.5, 0.6) is 0 Å². The predicted octanol–water partition coefficient (Wildman–Crippen LogP) is 1.41. The number of hydrogen-bond donors (Lipinski definition) is 1. The summed E-state index contributed by atoms with van der Waals surface area (Å²) in [6.07, 6.45) is 0. The molecule has 1 saturated heterocycles. The number of aliphatic carboxylic acids is 1. The van der Waals surface area contributed by atoms with Crippen LogP contribution in [0.2, 0.25) is 0 Å². The van der Waals surface area contributed by atoms with Crippen LogP contribution in [0, 0.1) is 10.1 Å². The van der Waals surface area contributed by atoms with E-state index in [9.17, 15) is 14.9 Å². The second-order valence-electron chi connectivity index (χ2n) is 5.06. The second kappa shape index (κ2) is 5.85. The van der Waals surface area contributed by atoms with Gasteiger partial charge in [-0.2, -0.15) is 0 Å². The van der Waals surface area contributed by atoms with E-state index in [4.69, 9.17) is 5.11 Å². The number of benzene rings is 1. The normalized spacial score (nSPS) is 16.1. The molecule has 0 bridgehead atoms. The van der Waals surface area contributed by atoms with Crippen LogP contribution in [-0.4, -0.2) is 58.6 Å². The third kappa shape index (κ3) is 3.00. The minimum atomic E-state index is -0.819. The molecule has 1 aliphatic heterocycles. The summed E-state index contributed by atoms with van der Waals surface area (Å²) < 4.78 is 0.789. The van der Waals surface area contributed by atoms with Crippen molar-refractivity contribution in [3.05, 3.63) is 28.3 Å². The van der Waals surface area contributed by atoms with Gasteiger partial charge in [0.15, 0.2) is 5.13 Å². The van der Waals surface area contributed by atoms with Gasteiger partial charge < -0.3 is 10.0 Å². The van der Waals surface area contributed by atoms with Gasteiger partial charge in [-0.15, -0.1) is 0 Å². The van der Waals surface area contributed by atoms with Crippen LogP contribution in [0.25, 0.3) is 10.2 Å². The average Bonchev–Trinajstić information content (AvgIpc) is 2.90. The van der Waals surface area contributed by atoms with E-state index in [1.807, 2.05) is 4.90 Å². The van der Waals surface area contributed by atoms with Crippen LogP contribution < -0.4 is 4.90 Å². The Kier molecular flexibility index (Phi) is 3.90. The van der Waals surface area contributed by atoms with Crippen molar-refractivity contribution in [3.8, 4) is 0 Å². The first-order chi connectivity index (χ1) is 10.5. The van der Waals surface area contributed by atoms with E-state index < -0.39 is 10.9 Å². The van der Waals surface area contributed by atoms with Gasteiger partial charge in [-0.1, -0.05) is 11.3 Å². The van der Waals surface area contributed by atoms with E-state index in [-0.39, 0.29) is 12.2 Å². The molecule has 1 aromatic heterocycles. The lowest BCUT2D eigenvalue weighted by molar-refractivity contribution is -0.384. The van der Waals surface area contributed by atoms with Gasteiger partial charge in [0.05, 0.1) is 21.7 Å². The van der Waals surface area contributed by atoms with Crippen molar-refractivity contribution in [3.63, 3.8) is 0 Å². The van der Waals surface area contributed by atoms with E-state index in [0.29, 0.717) is 26.2 Å². The molecule has 116 valence electrons. The van der Waals surface area contributed by atoms with E-state index in [2.05, 4.69) is 9.88 Å². The number of rotatable bonds is 4. The van der Waals surface area contributed by atoms with Crippen LogP contribution >= 0.6 is 11.3 Å². The molecular weight excluding hydrogens is 308 g/mol. The first kappa shape index (κ1) is 14.7. The highest BCUT2D eigenvalue weighted by Crippen LogP contribution is 2.31. The third-order valence-corrected chi connectivity index (χ3v) is 4.65. The molecule has 9 heteroatoms. The molecule has 0 saturated carbocycles. The number of hydrogen-bond acceptors (Lipinski definition) is 7. The van der Waals surface area contributed by atoms with Crippen molar-refractivity contribution in [1.29, 1.82) is 0 Å². The Bertz CT molecular complexity index is 724. The van der Waals surface area contributed by atoms with Crippen molar-refractivity contribution in [1.82, 2.24) is 9.88 Å². The van der Waals surface area contributed by atoms with Crippen molar-refractivity contribution in [2.75, 3.05) is 37.6 Å². The van der Waals surface area contributed by atoms with Gasteiger partial charge in [0.25, 0.3) is 5.69 Å². The Balaban J connectivity index is 1.74. The largest absolute Gasteiger partial charge is 0.480 e. The lowest BCUT2D eigenvalue weighted by Gasteiger charge is -2.33. The number of piperazine rings is 1.